The van der Waals surface area contributed by atoms with Gasteiger partial charge in [-0.05, 0) is 29.8 Å². The third-order valence-electron chi connectivity index (χ3n) is 2.31. The SMILES string of the molecule is O=S(=O)(Nc1cccc(CO)c1)c1cccnc1. The van der Waals surface area contributed by atoms with E-state index in [0.29, 0.717) is 11.3 Å². The summed E-state index contributed by atoms with van der Waals surface area (Å²) < 4.78 is 26.4. The number of hydrogen-bond acceptors (Lipinski definition) is 4. The van der Waals surface area contributed by atoms with E-state index in [1.165, 1.54) is 18.5 Å². The lowest BCUT2D eigenvalue weighted by molar-refractivity contribution is 0.282. The van der Waals surface area contributed by atoms with Gasteiger partial charge >= 0.3 is 0 Å². The van der Waals surface area contributed by atoms with Gasteiger partial charge in [0.1, 0.15) is 4.90 Å². The standard InChI is InChI=1S/C12H12N2O3S/c15-9-10-3-1-4-11(7-10)14-18(16,17)12-5-2-6-13-8-12/h1-8,14-15H,9H2. The highest BCUT2D eigenvalue weighted by molar-refractivity contribution is 7.92. The quantitative estimate of drug-likeness (QED) is 0.874. The fourth-order valence-electron chi connectivity index (χ4n) is 1.45. The van der Waals surface area contributed by atoms with Crippen LogP contribution in [0.25, 0.3) is 0 Å². The van der Waals surface area contributed by atoms with Gasteiger partial charge in [0, 0.05) is 18.1 Å². The zero-order valence-electron chi connectivity index (χ0n) is 9.45. The Kier molecular flexibility index (Phi) is 3.59. The molecule has 0 saturated heterocycles. The molecule has 1 aromatic heterocycles. The van der Waals surface area contributed by atoms with E-state index in [1.54, 1.807) is 30.3 Å². The van der Waals surface area contributed by atoms with Crippen molar-refractivity contribution >= 4 is 15.7 Å². The van der Waals surface area contributed by atoms with Crippen molar-refractivity contribution in [2.75, 3.05) is 4.72 Å². The molecule has 0 atom stereocenters. The van der Waals surface area contributed by atoms with Gasteiger partial charge in [0.15, 0.2) is 0 Å². The molecule has 6 heteroatoms. The van der Waals surface area contributed by atoms with E-state index < -0.39 is 10.0 Å². The molecule has 2 aromatic rings. The molecule has 18 heavy (non-hydrogen) atoms. The van der Waals surface area contributed by atoms with E-state index in [-0.39, 0.29) is 11.5 Å². The smallest absolute Gasteiger partial charge is 0.263 e. The van der Waals surface area contributed by atoms with E-state index in [2.05, 4.69) is 9.71 Å². The monoisotopic (exact) mass is 264 g/mol. The number of hydrogen-bond donors (Lipinski definition) is 2. The maximum absolute atomic E-state index is 12.0. The summed E-state index contributed by atoms with van der Waals surface area (Å²) in [5.74, 6) is 0. The Morgan fingerprint density at radius 2 is 2.06 bits per heavy atom. The summed E-state index contributed by atoms with van der Waals surface area (Å²) in [7, 11) is -3.63. The van der Waals surface area contributed by atoms with Crippen LogP contribution in [0.2, 0.25) is 0 Å². The first-order chi connectivity index (χ1) is 8.62. The van der Waals surface area contributed by atoms with E-state index in [0.717, 1.165) is 0 Å². The minimum Gasteiger partial charge on any atom is -0.392 e. The molecule has 0 aliphatic heterocycles. The van der Waals surface area contributed by atoms with Gasteiger partial charge in [-0.25, -0.2) is 8.42 Å². The molecule has 5 nitrogen and oxygen atoms in total. The van der Waals surface area contributed by atoms with E-state index >= 15 is 0 Å². The van der Waals surface area contributed by atoms with Crippen molar-refractivity contribution in [2.24, 2.45) is 0 Å². The van der Waals surface area contributed by atoms with Crippen molar-refractivity contribution in [2.45, 2.75) is 11.5 Å². The van der Waals surface area contributed by atoms with Gasteiger partial charge in [0.05, 0.1) is 6.61 Å². The molecule has 0 fully saturated rings. The van der Waals surface area contributed by atoms with Crippen LogP contribution in [0, 0.1) is 0 Å². The topological polar surface area (TPSA) is 79.3 Å². The summed E-state index contributed by atoms with van der Waals surface area (Å²) in [5, 5.41) is 8.99. The predicted octanol–water partition coefficient (Wildman–Crippen LogP) is 1.37. The minimum absolute atomic E-state index is 0.0967. The Bertz CT molecular complexity index is 627. The predicted molar refractivity (Wildman–Crippen MR) is 67.4 cm³/mol. The molecule has 0 aliphatic carbocycles. The average molecular weight is 264 g/mol. The highest BCUT2D eigenvalue weighted by Gasteiger charge is 2.13. The normalized spacial score (nSPS) is 11.2. The van der Waals surface area contributed by atoms with Crippen molar-refractivity contribution in [3.8, 4) is 0 Å². The number of nitrogens with zero attached hydrogens (tertiary/aromatic N) is 1. The van der Waals surface area contributed by atoms with Gasteiger partial charge in [0.2, 0.25) is 0 Å². The Hall–Kier alpha value is -1.92. The van der Waals surface area contributed by atoms with Gasteiger partial charge in [-0.3, -0.25) is 9.71 Å². The summed E-state index contributed by atoms with van der Waals surface area (Å²) >= 11 is 0. The van der Waals surface area contributed by atoms with Crippen LogP contribution in [0.4, 0.5) is 5.69 Å². The van der Waals surface area contributed by atoms with Gasteiger partial charge in [0.25, 0.3) is 10.0 Å². The second kappa shape index (κ2) is 5.16. The third kappa shape index (κ3) is 2.85. The van der Waals surface area contributed by atoms with Crippen molar-refractivity contribution in [1.29, 1.82) is 0 Å². The van der Waals surface area contributed by atoms with E-state index in [4.69, 9.17) is 5.11 Å². The largest absolute Gasteiger partial charge is 0.392 e. The zero-order chi connectivity index (χ0) is 13.0. The number of sulfonamides is 1. The van der Waals surface area contributed by atoms with Gasteiger partial charge in [-0.1, -0.05) is 12.1 Å². The number of aliphatic hydroxyl groups excluding tert-OH is 1. The second-order valence-corrected chi connectivity index (χ2v) is 5.34. The molecule has 0 spiro atoms. The summed E-state index contributed by atoms with van der Waals surface area (Å²) in [6.07, 6.45) is 2.78. The molecule has 0 amide bonds. The highest BCUT2D eigenvalue weighted by Crippen LogP contribution is 2.16. The second-order valence-electron chi connectivity index (χ2n) is 3.65. The van der Waals surface area contributed by atoms with Crippen LogP contribution in [-0.4, -0.2) is 18.5 Å². The number of nitrogens with one attached hydrogen (secondary N) is 1. The molecule has 2 rings (SSSR count). The fourth-order valence-corrected chi connectivity index (χ4v) is 2.47. The molecular formula is C12H12N2O3S. The van der Waals surface area contributed by atoms with Crippen LogP contribution in [-0.2, 0) is 16.6 Å². The Labute approximate surface area is 105 Å². The molecular weight excluding hydrogens is 252 g/mol. The zero-order valence-corrected chi connectivity index (χ0v) is 10.3. The van der Waals surface area contributed by atoms with Crippen molar-refractivity contribution in [1.82, 2.24) is 4.98 Å². The number of anilines is 1. The van der Waals surface area contributed by atoms with Crippen LogP contribution in [0.15, 0.2) is 53.7 Å². The van der Waals surface area contributed by atoms with Gasteiger partial charge < -0.3 is 5.11 Å². The molecule has 2 N–H and O–H groups in total. The number of aromatic nitrogens is 1. The van der Waals surface area contributed by atoms with Crippen LogP contribution in [0.1, 0.15) is 5.56 Å². The van der Waals surface area contributed by atoms with Crippen LogP contribution in [0.3, 0.4) is 0 Å². The lowest BCUT2D eigenvalue weighted by atomic mass is 10.2. The van der Waals surface area contributed by atoms with Crippen LogP contribution < -0.4 is 4.72 Å². The first-order valence-electron chi connectivity index (χ1n) is 5.24. The molecule has 0 bridgehead atoms. The van der Waals surface area contributed by atoms with E-state index in [9.17, 15) is 8.42 Å². The molecule has 0 saturated carbocycles. The maximum Gasteiger partial charge on any atom is 0.263 e. The number of rotatable bonds is 4. The van der Waals surface area contributed by atoms with Crippen molar-refractivity contribution in [3.05, 3.63) is 54.4 Å². The lowest BCUT2D eigenvalue weighted by Gasteiger charge is -2.08. The molecule has 0 unspecified atom stereocenters. The summed E-state index contributed by atoms with van der Waals surface area (Å²) in [5.41, 5.74) is 1.05. The summed E-state index contributed by atoms with van der Waals surface area (Å²) in [6.45, 7) is -0.136. The maximum atomic E-state index is 12.0. The Morgan fingerprint density at radius 1 is 1.22 bits per heavy atom. The van der Waals surface area contributed by atoms with Gasteiger partial charge in [-0.15, -0.1) is 0 Å². The fraction of sp³-hybridized carbons (Fsp3) is 0.0833. The molecule has 0 aliphatic rings. The summed E-state index contributed by atoms with van der Waals surface area (Å²) in [4.78, 5) is 3.86. The number of aliphatic hydroxyl groups is 1. The molecule has 0 radical (unpaired) electrons. The highest BCUT2D eigenvalue weighted by atomic mass is 32.2. The van der Waals surface area contributed by atoms with Crippen LogP contribution >= 0.6 is 0 Å². The Balaban J connectivity index is 2.28. The van der Waals surface area contributed by atoms with Crippen LogP contribution in [0.5, 0.6) is 0 Å². The number of benzene rings is 1. The number of pyridine rings is 1. The van der Waals surface area contributed by atoms with E-state index in [1.807, 2.05) is 0 Å². The lowest BCUT2D eigenvalue weighted by Crippen LogP contribution is -2.13. The van der Waals surface area contributed by atoms with Gasteiger partial charge in [-0.2, -0.15) is 0 Å². The van der Waals surface area contributed by atoms with Crippen molar-refractivity contribution < 1.29 is 13.5 Å². The first kappa shape index (κ1) is 12.5. The molecule has 1 heterocycles. The summed E-state index contributed by atoms with van der Waals surface area (Å²) in [6, 6.07) is 9.60. The minimum atomic E-state index is -3.63. The average Bonchev–Trinajstić information content (AvgIpc) is 2.39. The Morgan fingerprint density at radius 3 is 2.72 bits per heavy atom. The van der Waals surface area contributed by atoms with Crippen molar-refractivity contribution in [3.63, 3.8) is 0 Å². The molecule has 94 valence electrons. The first-order valence-corrected chi connectivity index (χ1v) is 6.73. The molecule has 1 aromatic carbocycles. The third-order valence-corrected chi connectivity index (χ3v) is 3.67.